The fraction of sp³-hybridized carbons (Fsp3) is 0.133. The zero-order valence-corrected chi connectivity index (χ0v) is 12.2. The van der Waals surface area contributed by atoms with Gasteiger partial charge >= 0.3 is 0 Å². The number of hydrogen-bond donors (Lipinski definition) is 1. The van der Waals surface area contributed by atoms with Crippen LogP contribution in [0.3, 0.4) is 0 Å². The number of rotatable bonds is 2. The minimum Gasteiger partial charge on any atom is -0.399 e. The van der Waals surface area contributed by atoms with Crippen molar-refractivity contribution >= 4 is 21.6 Å². The standard InChI is InChI=1S/C15H14N2O3S/c1-10-2-4-11(5-3-10)9-17-15(18)13-7-6-12(16)8-14(13)21(17,19)20/h2-8H,9,16H2,1H3. The van der Waals surface area contributed by atoms with Crippen LogP contribution in [0, 0.1) is 6.92 Å². The van der Waals surface area contributed by atoms with E-state index in [4.69, 9.17) is 5.73 Å². The minimum atomic E-state index is -3.82. The normalized spacial score (nSPS) is 16.0. The number of carbonyl (C=O) groups excluding carboxylic acids is 1. The minimum absolute atomic E-state index is 0.0142. The van der Waals surface area contributed by atoms with E-state index in [1.54, 1.807) is 0 Å². The predicted molar refractivity (Wildman–Crippen MR) is 79.1 cm³/mol. The molecule has 0 atom stereocenters. The Morgan fingerprint density at radius 2 is 1.76 bits per heavy atom. The predicted octanol–water partition coefficient (Wildman–Crippen LogP) is 1.92. The van der Waals surface area contributed by atoms with Crippen LogP contribution >= 0.6 is 0 Å². The van der Waals surface area contributed by atoms with Crippen molar-refractivity contribution in [3.05, 3.63) is 59.2 Å². The van der Waals surface area contributed by atoms with E-state index >= 15 is 0 Å². The van der Waals surface area contributed by atoms with E-state index in [2.05, 4.69) is 0 Å². The maximum Gasteiger partial charge on any atom is 0.269 e. The van der Waals surface area contributed by atoms with Crippen molar-refractivity contribution in [3.8, 4) is 0 Å². The third-order valence-electron chi connectivity index (χ3n) is 3.48. The lowest BCUT2D eigenvalue weighted by atomic mass is 10.1. The molecule has 2 N–H and O–H groups in total. The number of nitrogen functional groups attached to an aromatic ring is 1. The number of anilines is 1. The Kier molecular flexibility index (Phi) is 2.98. The van der Waals surface area contributed by atoms with E-state index in [-0.39, 0.29) is 17.0 Å². The largest absolute Gasteiger partial charge is 0.399 e. The number of carbonyl (C=O) groups is 1. The number of amides is 1. The van der Waals surface area contributed by atoms with Crippen LogP contribution in [-0.2, 0) is 16.6 Å². The van der Waals surface area contributed by atoms with Crippen molar-refractivity contribution in [2.75, 3.05) is 5.73 Å². The summed E-state index contributed by atoms with van der Waals surface area (Å²) < 4.78 is 25.8. The summed E-state index contributed by atoms with van der Waals surface area (Å²) in [5.74, 6) is -0.509. The average Bonchev–Trinajstić information content (AvgIpc) is 2.62. The van der Waals surface area contributed by atoms with Crippen LogP contribution in [0.1, 0.15) is 21.5 Å². The Labute approximate surface area is 123 Å². The molecule has 0 aromatic heterocycles. The van der Waals surface area contributed by atoms with Crippen LogP contribution in [0.15, 0.2) is 47.4 Å². The lowest BCUT2D eigenvalue weighted by molar-refractivity contribution is 0.0865. The molecule has 0 radical (unpaired) electrons. The van der Waals surface area contributed by atoms with Gasteiger partial charge in [0.1, 0.15) is 4.90 Å². The van der Waals surface area contributed by atoms with E-state index < -0.39 is 15.9 Å². The number of nitrogens with two attached hydrogens (primary N) is 1. The van der Waals surface area contributed by atoms with Crippen LogP contribution < -0.4 is 5.73 Å². The van der Waals surface area contributed by atoms with Gasteiger partial charge in [-0.3, -0.25) is 4.79 Å². The zero-order valence-electron chi connectivity index (χ0n) is 11.4. The maximum atomic E-state index is 12.5. The van der Waals surface area contributed by atoms with Crippen molar-refractivity contribution in [2.45, 2.75) is 18.4 Å². The average molecular weight is 302 g/mol. The van der Waals surface area contributed by atoms with E-state index in [9.17, 15) is 13.2 Å². The highest BCUT2D eigenvalue weighted by Crippen LogP contribution is 2.32. The zero-order chi connectivity index (χ0) is 15.2. The molecule has 1 aliphatic rings. The molecule has 6 heteroatoms. The molecule has 5 nitrogen and oxygen atoms in total. The number of benzene rings is 2. The molecular weight excluding hydrogens is 288 g/mol. The Balaban J connectivity index is 2.02. The molecule has 108 valence electrons. The van der Waals surface area contributed by atoms with Gasteiger partial charge in [-0.25, -0.2) is 12.7 Å². The third-order valence-corrected chi connectivity index (χ3v) is 5.25. The van der Waals surface area contributed by atoms with E-state index in [0.29, 0.717) is 5.69 Å². The Morgan fingerprint density at radius 3 is 2.43 bits per heavy atom. The summed E-state index contributed by atoms with van der Waals surface area (Å²) in [6.07, 6.45) is 0. The summed E-state index contributed by atoms with van der Waals surface area (Å²) in [6.45, 7) is 1.97. The number of aryl methyl sites for hydroxylation is 1. The highest BCUT2D eigenvalue weighted by Gasteiger charge is 2.41. The van der Waals surface area contributed by atoms with Gasteiger partial charge in [-0.05, 0) is 30.7 Å². The molecule has 0 aliphatic carbocycles. The van der Waals surface area contributed by atoms with Gasteiger partial charge in [0.2, 0.25) is 0 Å². The second kappa shape index (κ2) is 4.60. The summed E-state index contributed by atoms with van der Waals surface area (Å²) in [5.41, 5.74) is 7.95. The molecule has 0 unspecified atom stereocenters. The lowest BCUT2D eigenvalue weighted by Gasteiger charge is -2.15. The molecule has 21 heavy (non-hydrogen) atoms. The Hall–Kier alpha value is -2.34. The summed E-state index contributed by atoms with van der Waals surface area (Å²) in [5, 5.41) is 0. The molecule has 0 spiro atoms. The van der Waals surface area contributed by atoms with Crippen LogP contribution in [0.5, 0.6) is 0 Å². The molecular formula is C15H14N2O3S. The van der Waals surface area contributed by atoms with E-state index in [1.807, 2.05) is 31.2 Å². The van der Waals surface area contributed by atoms with Crippen molar-refractivity contribution in [1.82, 2.24) is 4.31 Å². The first-order valence-corrected chi connectivity index (χ1v) is 7.86. The van der Waals surface area contributed by atoms with Crippen molar-refractivity contribution in [3.63, 3.8) is 0 Å². The van der Waals surface area contributed by atoms with Crippen molar-refractivity contribution in [1.29, 1.82) is 0 Å². The Bertz CT molecular complexity index is 826. The second-order valence-corrected chi connectivity index (χ2v) is 6.89. The first-order valence-electron chi connectivity index (χ1n) is 6.42. The van der Waals surface area contributed by atoms with Gasteiger partial charge in [-0.1, -0.05) is 29.8 Å². The molecule has 1 aliphatic heterocycles. The fourth-order valence-electron chi connectivity index (χ4n) is 2.31. The third kappa shape index (κ3) is 2.17. The molecule has 2 aromatic carbocycles. The highest BCUT2D eigenvalue weighted by atomic mass is 32.2. The topological polar surface area (TPSA) is 80.5 Å². The summed E-state index contributed by atoms with van der Waals surface area (Å²) in [7, 11) is -3.82. The van der Waals surface area contributed by atoms with Crippen molar-refractivity contribution in [2.24, 2.45) is 0 Å². The van der Waals surface area contributed by atoms with Gasteiger partial charge in [-0.2, -0.15) is 0 Å². The van der Waals surface area contributed by atoms with Gasteiger partial charge in [0.15, 0.2) is 0 Å². The van der Waals surface area contributed by atoms with Crippen LogP contribution in [-0.4, -0.2) is 18.6 Å². The van der Waals surface area contributed by atoms with Gasteiger partial charge in [0.25, 0.3) is 15.9 Å². The van der Waals surface area contributed by atoms with Crippen LogP contribution in [0.4, 0.5) is 5.69 Å². The fourth-order valence-corrected chi connectivity index (χ4v) is 3.90. The van der Waals surface area contributed by atoms with Crippen molar-refractivity contribution < 1.29 is 13.2 Å². The first-order chi connectivity index (χ1) is 9.89. The summed E-state index contributed by atoms with van der Waals surface area (Å²) >= 11 is 0. The molecule has 1 amide bonds. The smallest absolute Gasteiger partial charge is 0.269 e. The lowest BCUT2D eigenvalue weighted by Crippen LogP contribution is -2.29. The molecule has 2 aromatic rings. The Morgan fingerprint density at radius 1 is 1.10 bits per heavy atom. The van der Waals surface area contributed by atoms with E-state index in [1.165, 1.54) is 18.2 Å². The number of fused-ring (bicyclic) bond motifs is 1. The highest BCUT2D eigenvalue weighted by molar-refractivity contribution is 7.90. The summed E-state index contributed by atoms with van der Waals surface area (Å²) in [4.78, 5) is 12.3. The second-order valence-electron chi connectivity index (χ2n) is 5.06. The van der Waals surface area contributed by atoms with Gasteiger partial charge in [-0.15, -0.1) is 0 Å². The van der Waals surface area contributed by atoms with Crippen LogP contribution in [0.25, 0.3) is 0 Å². The molecule has 0 saturated heterocycles. The SMILES string of the molecule is Cc1ccc(CN2C(=O)c3ccc(N)cc3S2(=O)=O)cc1. The molecule has 0 bridgehead atoms. The van der Waals surface area contributed by atoms with Crippen LogP contribution in [0.2, 0.25) is 0 Å². The van der Waals surface area contributed by atoms with Gasteiger partial charge in [0, 0.05) is 5.69 Å². The monoisotopic (exact) mass is 302 g/mol. The molecule has 0 saturated carbocycles. The molecule has 1 heterocycles. The maximum absolute atomic E-state index is 12.5. The van der Waals surface area contributed by atoms with Gasteiger partial charge < -0.3 is 5.73 Å². The summed E-state index contributed by atoms with van der Waals surface area (Å²) in [6, 6.07) is 11.7. The number of sulfonamides is 1. The quantitative estimate of drug-likeness (QED) is 0.859. The first kappa shape index (κ1) is 13.6. The van der Waals surface area contributed by atoms with E-state index in [0.717, 1.165) is 15.4 Å². The number of hydrogen-bond acceptors (Lipinski definition) is 4. The molecule has 0 fully saturated rings. The number of nitrogens with zero attached hydrogens (tertiary/aromatic N) is 1. The molecule has 3 rings (SSSR count). The van der Waals surface area contributed by atoms with Gasteiger partial charge in [0.05, 0.1) is 12.1 Å².